The van der Waals surface area contributed by atoms with Gasteiger partial charge in [0.05, 0.1) is 23.7 Å². The van der Waals surface area contributed by atoms with E-state index in [-0.39, 0.29) is 23.7 Å². The summed E-state index contributed by atoms with van der Waals surface area (Å²) in [6.07, 6.45) is -0.445. The summed E-state index contributed by atoms with van der Waals surface area (Å²) in [5, 5.41) is 5.15. The summed E-state index contributed by atoms with van der Waals surface area (Å²) in [6, 6.07) is 4.12. The molecule has 0 aliphatic heterocycles. The Morgan fingerprint density at radius 2 is 1.95 bits per heavy atom. The molecule has 0 saturated carbocycles. The van der Waals surface area contributed by atoms with Crippen LogP contribution >= 0.6 is 0 Å². The zero-order chi connectivity index (χ0) is 16.0. The van der Waals surface area contributed by atoms with E-state index in [1.165, 1.54) is 32.4 Å². The first-order valence-corrected chi connectivity index (χ1v) is 7.68. The van der Waals surface area contributed by atoms with Crippen LogP contribution in [0.25, 0.3) is 0 Å². The highest BCUT2D eigenvalue weighted by Gasteiger charge is 2.19. The van der Waals surface area contributed by atoms with Gasteiger partial charge in [0.25, 0.3) is 0 Å². The number of methoxy groups -OCH3 is 2. The average molecular weight is 317 g/mol. The van der Waals surface area contributed by atoms with Gasteiger partial charge in [-0.15, -0.1) is 0 Å². The molecule has 0 aliphatic carbocycles. The van der Waals surface area contributed by atoms with Gasteiger partial charge in [0, 0.05) is 14.2 Å². The number of ether oxygens (including phenoxy) is 3. The molecule has 2 N–H and O–H groups in total. The fraction of sp³-hybridized carbons (Fsp3) is 0.462. The van der Waals surface area contributed by atoms with E-state index in [1.54, 1.807) is 6.92 Å². The fourth-order valence-corrected chi connectivity index (χ4v) is 2.52. The molecule has 21 heavy (non-hydrogen) atoms. The Bertz CT molecular complexity index is 599. The number of primary sulfonamides is 1. The van der Waals surface area contributed by atoms with E-state index in [4.69, 9.17) is 19.3 Å². The van der Waals surface area contributed by atoms with Gasteiger partial charge in [-0.1, -0.05) is 6.07 Å². The third-order valence-electron chi connectivity index (χ3n) is 2.62. The SMILES string of the molecule is COCc1ccc(C(=O)OC(C)COC)cc1S(N)(=O)=O. The van der Waals surface area contributed by atoms with Gasteiger partial charge in [0.2, 0.25) is 10.0 Å². The smallest absolute Gasteiger partial charge is 0.338 e. The van der Waals surface area contributed by atoms with Crippen LogP contribution in [0.1, 0.15) is 22.8 Å². The molecule has 1 rings (SSSR count). The van der Waals surface area contributed by atoms with Crippen molar-refractivity contribution in [2.75, 3.05) is 20.8 Å². The molecule has 0 fully saturated rings. The molecule has 0 aliphatic rings. The van der Waals surface area contributed by atoms with E-state index in [1.807, 2.05) is 0 Å². The van der Waals surface area contributed by atoms with Crippen LogP contribution in [0, 0.1) is 0 Å². The molecule has 0 bridgehead atoms. The first-order chi connectivity index (χ1) is 9.79. The summed E-state index contributed by atoms with van der Waals surface area (Å²) in [7, 11) is -1.04. The van der Waals surface area contributed by atoms with Crippen molar-refractivity contribution >= 4 is 16.0 Å². The van der Waals surface area contributed by atoms with Crippen LogP contribution in [-0.2, 0) is 30.8 Å². The molecule has 0 saturated heterocycles. The van der Waals surface area contributed by atoms with Crippen LogP contribution in [0.15, 0.2) is 23.1 Å². The lowest BCUT2D eigenvalue weighted by Crippen LogP contribution is -2.21. The molecular formula is C13H19NO6S. The van der Waals surface area contributed by atoms with Crippen molar-refractivity contribution in [2.45, 2.75) is 24.5 Å². The van der Waals surface area contributed by atoms with E-state index < -0.39 is 22.1 Å². The maximum Gasteiger partial charge on any atom is 0.338 e. The number of nitrogens with two attached hydrogens (primary N) is 1. The van der Waals surface area contributed by atoms with Gasteiger partial charge in [-0.3, -0.25) is 0 Å². The molecule has 1 unspecified atom stereocenters. The van der Waals surface area contributed by atoms with Crippen molar-refractivity contribution in [3.63, 3.8) is 0 Å². The van der Waals surface area contributed by atoms with E-state index in [2.05, 4.69) is 0 Å². The van der Waals surface area contributed by atoms with E-state index in [0.717, 1.165) is 0 Å². The van der Waals surface area contributed by atoms with Crippen molar-refractivity contribution in [3.8, 4) is 0 Å². The Kier molecular flexibility index (Phi) is 6.28. The minimum atomic E-state index is -3.96. The standard InChI is InChI=1S/C13H19NO6S/c1-9(7-18-2)20-13(15)10-4-5-11(8-19-3)12(6-10)21(14,16)17/h4-6,9H,7-8H2,1-3H3,(H2,14,16,17). The highest BCUT2D eigenvalue weighted by molar-refractivity contribution is 7.89. The second-order valence-electron chi connectivity index (χ2n) is 4.47. The van der Waals surface area contributed by atoms with Crippen LogP contribution in [-0.4, -0.2) is 41.3 Å². The van der Waals surface area contributed by atoms with Gasteiger partial charge < -0.3 is 14.2 Å². The van der Waals surface area contributed by atoms with Gasteiger partial charge in [-0.05, 0) is 24.6 Å². The predicted molar refractivity (Wildman–Crippen MR) is 75.3 cm³/mol. The van der Waals surface area contributed by atoms with Gasteiger partial charge in [0.1, 0.15) is 6.10 Å². The van der Waals surface area contributed by atoms with E-state index in [9.17, 15) is 13.2 Å². The molecule has 1 aromatic carbocycles. The first kappa shape index (κ1) is 17.6. The number of carbonyl (C=O) groups excluding carboxylic acids is 1. The van der Waals surface area contributed by atoms with Crippen LogP contribution in [0.4, 0.5) is 0 Å². The summed E-state index contributed by atoms with van der Waals surface area (Å²) in [4.78, 5) is 11.8. The summed E-state index contributed by atoms with van der Waals surface area (Å²) < 4.78 is 38.0. The lowest BCUT2D eigenvalue weighted by molar-refractivity contribution is 0.0120. The minimum absolute atomic E-state index is 0.0706. The van der Waals surface area contributed by atoms with Crippen molar-refractivity contribution in [1.29, 1.82) is 0 Å². The van der Waals surface area contributed by atoms with Crippen LogP contribution in [0.5, 0.6) is 0 Å². The first-order valence-electron chi connectivity index (χ1n) is 6.14. The molecule has 1 aromatic rings. The molecule has 0 heterocycles. The number of benzene rings is 1. The summed E-state index contributed by atoms with van der Waals surface area (Å²) in [6.45, 7) is 1.98. The Labute approximate surface area is 124 Å². The van der Waals surface area contributed by atoms with E-state index >= 15 is 0 Å². The minimum Gasteiger partial charge on any atom is -0.457 e. The Morgan fingerprint density at radius 3 is 2.48 bits per heavy atom. The lowest BCUT2D eigenvalue weighted by atomic mass is 10.1. The van der Waals surface area contributed by atoms with Crippen molar-refractivity contribution in [3.05, 3.63) is 29.3 Å². The summed E-state index contributed by atoms with van der Waals surface area (Å²) >= 11 is 0. The molecule has 0 spiro atoms. The molecule has 1 atom stereocenters. The zero-order valence-corrected chi connectivity index (χ0v) is 13.0. The highest BCUT2D eigenvalue weighted by Crippen LogP contribution is 2.18. The van der Waals surface area contributed by atoms with Crippen LogP contribution in [0.3, 0.4) is 0 Å². The Hall–Kier alpha value is -1.48. The molecule has 0 amide bonds. The molecule has 0 radical (unpaired) electrons. The highest BCUT2D eigenvalue weighted by atomic mass is 32.2. The maximum absolute atomic E-state index is 11.9. The molecule has 118 valence electrons. The Balaban J connectivity index is 3.08. The number of esters is 1. The third-order valence-corrected chi connectivity index (χ3v) is 3.61. The molecular weight excluding hydrogens is 298 g/mol. The van der Waals surface area contributed by atoms with Crippen molar-refractivity contribution in [1.82, 2.24) is 0 Å². The predicted octanol–water partition coefficient (Wildman–Crippen LogP) is 0.672. The molecule has 0 aromatic heterocycles. The quantitative estimate of drug-likeness (QED) is 0.741. The van der Waals surface area contributed by atoms with Crippen molar-refractivity contribution in [2.24, 2.45) is 5.14 Å². The number of rotatable bonds is 7. The van der Waals surface area contributed by atoms with E-state index in [0.29, 0.717) is 5.56 Å². The second kappa shape index (κ2) is 7.51. The number of hydrogen-bond acceptors (Lipinski definition) is 6. The lowest BCUT2D eigenvalue weighted by Gasteiger charge is -2.13. The topological polar surface area (TPSA) is 105 Å². The average Bonchev–Trinajstić information content (AvgIpc) is 2.38. The largest absolute Gasteiger partial charge is 0.457 e. The monoisotopic (exact) mass is 317 g/mol. The Morgan fingerprint density at radius 1 is 1.29 bits per heavy atom. The summed E-state index contributed by atoms with van der Waals surface area (Å²) in [5.74, 6) is -0.645. The maximum atomic E-state index is 11.9. The van der Waals surface area contributed by atoms with Gasteiger partial charge in [-0.25, -0.2) is 18.4 Å². The number of hydrogen-bond donors (Lipinski definition) is 1. The van der Waals surface area contributed by atoms with Crippen LogP contribution < -0.4 is 5.14 Å². The molecule has 7 nitrogen and oxygen atoms in total. The van der Waals surface area contributed by atoms with Gasteiger partial charge in [0.15, 0.2) is 0 Å². The third kappa shape index (κ3) is 5.09. The fourth-order valence-electron chi connectivity index (χ4n) is 1.74. The summed E-state index contributed by atoms with van der Waals surface area (Å²) in [5.41, 5.74) is 0.475. The second-order valence-corrected chi connectivity index (χ2v) is 6.00. The van der Waals surface area contributed by atoms with Crippen LogP contribution in [0.2, 0.25) is 0 Å². The zero-order valence-electron chi connectivity index (χ0n) is 12.2. The van der Waals surface area contributed by atoms with Crippen molar-refractivity contribution < 1.29 is 27.4 Å². The normalized spacial score (nSPS) is 13.0. The number of sulfonamides is 1. The van der Waals surface area contributed by atoms with Gasteiger partial charge >= 0.3 is 5.97 Å². The number of carbonyl (C=O) groups is 1. The molecule has 8 heteroatoms. The van der Waals surface area contributed by atoms with Gasteiger partial charge in [-0.2, -0.15) is 0 Å².